The number of aliphatic carboxylic acids is 1. The minimum absolute atomic E-state index is 0.0193. The second-order valence-corrected chi connectivity index (χ2v) is 5.76. The number of hydrogen-bond acceptors (Lipinski definition) is 3. The first kappa shape index (κ1) is 15.4. The molecule has 0 bridgehead atoms. The summed E-state index contributed by atoms with van der Waals surface area (Å²) in [5.41, 5.74) is 2.68. The third-order valence-electron chi connectivity index (χ3n) is 3.94. The molecule has 1 aliphatic heterocycles. The fourth-order valence-corrected chi connectivity index (χ4v) is 2.63. The van der Waals surface area contributed by atoms with Gasteiger partial charge in [-0.3, -0.25) is 9.59 Å². The van der Waals surface area contributed by atoms with Gasteiger partial charge in [0.2, 0.25) is 0 Å². The highest BCUT2D eigenvalue weighted by atomic mass is 16.4. The second-order valence-electron chi connectivity index (χ2n) is 5.76. The fourth-order valence-electron chi connectivity index (χ4n) is 2.63. The highest BCUT2D eigenvalue weighted by Gasteiger charge is 2.23. The van der Waals surface area contributed by atoms with E-state index in [2.05, 4.69) is 10.6 Å². The van der Waals surface area contributed by atoms with Crippen molar-refractivity contribution < 1.29 is 14.7 Å². The summed E-state index contributed by atoms with van der Waals surface area (Å²) in [4.78, 5) is 23.5. The molecule has 5 nitrogen and oxygen atoms in total. The topological polar surface area (TPSA) is 78.4 Å². The first-order valence-electron chi connectivity index (χ1n) is 7.37. The van der Waals surface area contributed by atoms with Gasteiger partial charge < -0.3 is 15.7 Å². The maximum atomic E-state index is 12.3. The molecule has 114 valence electrons. The third kappa shape index (κ3) is 3.54. The highest BCUT2D eigenvalue weighted by Crippen LogP contribution is 2.25. The molecule has 0 saturated heterocycles. The first-order chi connectivity index (χ1) is 10.0. The standard InChI is InChI=1S/C16H22N2O3/c1-10(2)13(16(20)21)9-18-15(19)12-5-3-7-14-11(12)6-4-8-17-14/h3,5,7,10,13,17H,4,6,8-9H2,1-2H3,(H,18,19)(H,20,21). The van der Waals surface area contributed by atoms with Crippen LogP contribution in [0.2, 0.25) is 0 Å². The number of rotatable bonds is 5. The Hall–Kier alpha value is -2.04. The Bertz CT molecular complexity index is 540. The molecule has 1 aromatic carbocycles. The first-order valence-corrected chi connectivity index (χ1v) is 7.37. The predicted octanol–water partition coefficient (Wildman–Crippen LogP) is 2.13. The van der Waals surface area contributed by atoms with Gasteiger partial charge >= 0.3 is 5.97 Å². The Morgan fingerprint density at radius 3 is 2.81 bits per heavy atom. The van der Waals surface area contributed by atoms with E-state index in [0.717, 1.165) is 30.6 Å². The second kappa shape index (κ2) is 6.61. The molecular formula is C16H22N2O3. The lowest BCUT2D eigenvalue weighted by Crippen LogP contribution is -2.36. The van der Waals surface area contributed by atoms with Gasteiger partial charge in [-0.15, -0.1) is 0 Å². The van der Waals surface area contributed by atoms with E-state index in [0.29, 0.717) is 5.56 Å². The van der Waals surface area contributed by atoms with Gasteiger partial charge in [-0.1, -0.05) is 19.9 Å². The molecule has 1 amide bonds. The van der Waals surface area contributed by atoms with Gasteiger partial charge in [-0.05, 0) is 36.5 Å². The number of benzene rings is 1. The number of anilines is 1. The molecule has 1 atom stereocenters. The molecule has 0 radical (unpaired) electrons. The lowest BCUT2D eigenvalue weighted by Gasteiger charge is -2.21. The molecule has 21 heavy (non-hydrogen) atoms. The number of hydrogen-bond donors (Lipinski definition) is 3. The minimum Gasteiger partial charge on any atom is -0.481 e. The van der Waals surface area contributed by atoms with Crippen LogP contribution in [0.25, 0.3) is 0 Å². The molecule has 5 heteroatoms. The van der Waals surface area contributed by atoms with Crippen molar-refractivity contribution in [1.29, 1.82) is 0 Å². The summed E-state index contributed by atoms with van der Waals surface area (Å²) < 4.78 is 0. The van der Waals surface area contributed by atoms with Gasteiger partial charge in [0.05, 0.1) is 5.92 Å². The fraction of sp³-hybridized carbons (Fsp3) is 0.500. The van der Waals surface area contributed by atoms with E-state index >= 15 is 0 Å². The maximum absolute atomic E-state index is 12.3. The highest BCUT2D eigenvalue weighted by molar-refractivity contribution is 5.97. The number of fused-ring (bicyclic) bond motifs is 1. The number of carbonyl (C=O) groups excluding carboxylic acids is 1. The minimum atomic E-state index is -0.873. The predicted molar refractivity (Wildman–Crippen MR) is 81.5 cm³/mol. The van der Waals surface area contributed by atoms with E-state index < -0.39 is 11.9 Å². The van der Waals surface area contributed by atoms with E-state index in [1.807, 2.05) is 26.0 Å². The van der Waals surface area contributed by atoms with Crippen LogP contribution in [0.1, 0.15) is 36.2 Å². The average molecular weight is 290 g/mol. The molecule has 0 fully saturated rings. The van der Waals surface area contributed by atoms with E-state index in [9.17, 15) is 9.59 Å². The Morgan fingerprint density at radius 1 is 1.38 bits per heavy atom. The van der Waals surface area contributed by atoms with Gasteiger partial charge in [-0.2, -0.15) is 0 Å². The Balaban J connectivity index is 2.09. The van der Waals surface area contributed by atoms with Crippen molar-refractivity contribution in [3.8, 4) is 0 Å². The summed E-state index contributed by atoms with van der Waals surface area (Å²) in [7, 11) is 0. The van der Waals surface area contributed by atoms with Crippen molar-refractivity contribution >= 4 is 17.6 Å². The number of amides is 1. The van der Waals surface area contributed by atoms with Gasteiger partial charge in [0, 0.05) is 24.3 Å². The van der Waals surface area contributed by atoms with Crippen molar-refractivity contribution in [2.24, 2.45) is 11.8 Å². The van der Waals surface area contributed by atoms with Crippen LogP contribution >= 0.6 is 0 Å². The molecule has 1 aromatic rings. The van der Waals surface area contributed by atoms with Gasteiger partial charge in [0.25, 0.3) is 5.91 Å². The molecule has 0 spiro atoms. The molecule has 0 saturated carbocycles. The summed E-state index contributed by atoms with van der Waals surface area (Å²) in [6.07, 6.45) is 1.87. The summed E-state index contributed by atoms with van der Waals surface area (Å²) in [5.74, 6) is -1.65. The maximum Gasteiger partial charge on any atom is 0.308 e. The molecule has 1 heterocycles. The lowest BCUT2D eigenvalue weighted by atomic mass is 9.95. The van der Waals surface area contributed by atoms with Crippen LogP contribution in [-0.4, -0.2) is 30.1 Å². The van der Waals surface area contributed by atoms with Crippen LogP contribution < -0.4 is 10.6 Å². The molecule has 0 aromatic heterocycles. The number of carbonyl (C=O) groups is 2. The third-order valence-corrected chi connectivity index (χ3v) is 3.94. The van der Waals surface area contributed by atoms with Crippen molar-refractivity contribution in [3.63, 3.8) is 0 Å². The molecule has 0 aliphatic carbocycles. The summed E-state index contributed by atoms with van der Waals surface area (Å²) in [6, 6.07) is 5.62. The zero-order valence-electron chi connectivity index (χ0n) is 12.5. The van der Waals surface area contributed by atoms with Crippen LogP contribution in [0.4, 0.5) is 5.69 Å². The van der Waals surface area contributed by atoms with Crippen molar-refractivity contribution in [2.75, 3.05) is 18.4 Å². The summed E-state index contributed by atoms with van der Waals surface area (Å²) in [6.45, 7) is 4.77. The molecule has 2 rings (SSSR count). The van der Waals surface area contributed by atoms with E-state index in [4.69, 9.17) is 5.11 Å². The van der Waals surface area contributed by atoms with E-state index in [1.54, 1.807) is 6.07 Å². The van der Waals surface area contributed by atoms with Crippen molar-refractivity contribution in [1.82, 2.24) is 5.32 Å². The van der Waals surface area contributed by atoms with Crippen LogP contribution in [0.3, 0.4) is 0 Å². The SMILES string of the molecule is CC(C)C(CNC(=O)c1cccc2c1CCCN2)C(=O)O. The number of carboxylic acids is 1. The molecular weight excluding hydrogens is 268 g/mol. The summed E-state index contributed by atoms with van der Waals surface area (Å²) in [5, 5.41) is 15.2. The quantitative estimate of drug-likeness (QED) is 0.776. The van der Waals surface area contributed by atoms with Crippen molar-refractivity contribution in [2.45, 2.75) is 26.7 Å². The average Bonchev–Trinajstić information content (AvgIpc) is 2.46. The van der Waals surface area contributed by atoms with Crippen LogP contribution in [0.5, 0.6) is 0 Å². The lowest BCUT2D eigenvalue weighted by molar-refractivity contribution is -0.142. The monoisotopic (exact) mass is 290 g/mol. The zero-order chi connectivity index (χ0) is 15.4. The summed E-state index contributed by atoms with van der Waals surface area (Å²) >= 11 is 0. The smallest absolute Gasteiger partial charge is 0.308 e. The van der Waals surface area contributed by atoms with Gasteiger partial charge in [0.15, 0.2) is 0 Å². The van der Waals surface area contributed by atoms with Gasteiger partial charge in [0.1, 0.15) is 0 Å². The largest absolute Gasteiger partial charge is 0.481 e. The number of nitrogens with one attached hydrogen (secondary N) is 2. The van der Waals surface area contributed by atoms with Gasteiger partial charge in [-0.25, -0.2) is 0 Å². The van der Waals surface area contributed by atoms with Crippen LogP contribution in [-0.2, 0) is 11.2 Å². The van der Waals surface area contributed by atoms with Crippen LogP contribution in [0, 0.1) is 11.8 Å². The molecule has 1 aliphatic rings. The van der Waals surface area contributed by atoms with Crippen molar-refractivity contribution in [3.05, 3.63) is 29.3 Å². The molecule has 1 unspecified atom stereocenters. The Kier molecular flexibility index (Phi) is 4.83. The Labute approximate surface area is 124 Å². The van der Waals surface area contributed by atoms with E-state index in [1.165, 1.54) is 0 Å². The van der Waals surface area contributed by atoms with E-state index in [-0.39, 0.29) is 18.4 Å². The number of carboxylic acid groups (broad SMARTS) is 1. The normalized spacial score (nSPS) is 15.0. The molecule has 3 N–H and O–H groups in total. The van der Waals surface area contributed by atoms with Crippen LogP contribution in [0.15, 0.2) is 18.2 Å². The zero-order valence-corrected chi connectivity index (χ0v) is 12.5. The Morgan fingerprint density at radius 2 is 2.14 bits per heavy atom.